The minimum Gasteiger partial charge on any atom is -0.356 e. The number of hydrogen-bond acceptors (Lipinski definition) is 3. The fourth-order valence-electron chi connectivity index (χ4n) is 1.61. The van der Waals surface area contributed by atoms with E-state index in [1.54, 1.807) is 11.3 Å². The molecule has 0 saturated carbocycles. The third-order valence-electron chi connectivity index (χ3n) is 2.66. The van der Waals surface area contributed by atoms with Gasteiger partial charge in [-0.25, -0.2) is 0 Å². The van der Waals surface area contributed by atoms with Crippen molar-refractivity contribution in [2.24, 2.45) is 5.92 Å². The number of hydrogen-bond donors (Lipinski definition) is 2. The van der Waals surface area contributed by atoms with Crippen LogP contribution in [0.4, 0.5) is 0 Å². The van der Waals surface area contributed by atoms with Gasteiger partial charge in [-0.1, -0.05) is 0 Å². The Hall–Kier alpha value is -0.870. The summed E-state index contributed by atoms with van der Waals surface area (Å²) in [6.45, 7) is 2.76. The number of carbonyl (C=O) groups is 1. The van der Waals surface area contributed by atoms with Crippen LogP contribution in [0.1, 0.15) is 12.0 Å². The zero-order valence-electron chi connectivity index (χ0n) is 8.66. The molecule has 0 radical (unpaired) electrons. The number of amides is 1. The molecule has 1 aliphatic heterocycles. The Balaban J connectivity index is 1.58. The van der Waals surface area contributed by atoms with Crippen LogP contribution in [-0.4, -0.2) is 25.5 Å². The molecule has 0 unspecified atom stereocenters. The zero-order chi connectivity index (χ0) is 10.5. The lowest BCUT2D eigenvalue weighted by atomic mass is 9.99. The minimum absolute atomic E-state index is 0.191. The summed E-state index contributed by atoms with van der Waals surface area (Å²) < 4.78 is 0. The molecule has 1 aliphatic rings. The maximum Gasteiger partial charge on any atom is 0.220 e. The molecule has 1 fully saturated rings. The Morgan fingerprint density at radius 2 is 2.47 bits per heavy atom. The largest absolute Gasteiger partial charge is 0.356 e. The van der Waals surface area contributed by atoms with Crippen LogP contribution in [-0.2, 0) is 11.2 Å². The van der Waals surface area contributed by atoms with Crippen molar-refractivity contribution in [3.63, 3.8) is 0 Å². The Bertz CT molecular complexity index is 306. The van der Waals surface area contributed by atoms with Crippen LogP contribution in [0, 0.1) is 5.92 Å². The van der Waals surface area contributed by atoms with Crippen LogP contribution in [0.15, 0.2) is 16.8 Å². The monoisotopic (exact) mass is 224 g/mol. The van der Waals surface area contributed by atoms with Crippen molar-refractivity contribution in [2.45, 2.75) is 12.8 Å². The van der Waals surface area contributed by atoms with Gasteiger partial charge in [-0.3, -0.25) is 4.79 Å². The molecule has 82 valence electrons. The molecule has 2 rings (SSSR count). The van der Waals surface area contributed by atoms with Crippen LogP contribution in [0.25, 0.3) is 0 Å². The molecule has 2 N–H and O–H groups in total. The maximum absolute atomic E-state index is 11.4. The van der Waals surface area contributed by atoms with Crippen LogP contribution < -0.4 is 10.6 Å². The third kappa shape index (κ3) is 3.32. The molecule has 15 heavy (non-hydrogen) atoms. The van der Waals surface area contributed by atoms with E-state index in [1.807, 2.05) is 0 Å². The SMILES string of the molecule is O=C(CC1CNC1)NCCc1ccsc1. The quantitative estimate of drug-likeness (QED) is 0.784. The van der Waals surface area contributed by atoms with Crippen molar-refractivity contribution in [3.8, 4) is 0 Å². The summed E-state index contributed by atoms with van der Waals surface area (Å²) in [5.74, 6) is 0.753. The van der Waals surface area contributed by atoms with Gasteiger partial charge in [-0.2, -0.15) is 11.3 Å². The predicted molar refractivity (Wildman–Crippen MR) is 62.0 cm³/mol. The second-order valence-electron chi connectivity index (χ2n) is 3.96. The van der Waals surface area contributed by atoms with Crippen LogP contribution in [0.3, 0.4) is 0 Å². The molecule has 1 aromatic heterocycles. The van der Waals surface area contributed by atoms with Crippen molar-refractivity contribution in [2.75, 3.05) is 19.6 Å². The summed E-state index contributed by atoms with van der Waals surface area (Å²) in [6, 6.07) is 2.10. The first-order valence-corrected chi connectivity index (χ1v) is 6.27. The first-order valence-electron chi connectivity index (χ1n) is 5.33. The molecular formula is C11H16N2OS. The van der Waals surface area contributed by atoms with Crippen LogP contribution in [0.2, 0.25) is 0 Å². The summed E-state index contributed by atoms with van der Waals surface area (Å²) in [5.41, 5.74) is 1.31. The van der Waals surface area contributed by atoms with Gasteiger partial charge >= 0.3 is 0 Å². The van der Waals surface area contributed by atoms with E-state index in [9.17, 15) is 4.79 Å². The second kappa shape index (κ2) is 5.28. The van der Waals surface area contributed by atoms with E-state index >= 15 is 0 Å². The van der Waals surface area contributed by atoms with E-state index in [-0.39, 0.29) is 5.91 Å². The molecule has 0 spiro atoms. The lowest BCUT2D eigenvalue weighted by Crippen LogP contribution is -2.44. The van der Waals surface area contributed by atoms with Gasteiger partial charge in [0.25, 0.3) is 0 Å². The molecule has 1 saturated heterocycles. The van der Waals surface area contributed by atoms with Crippen molar-refractivity contribution in [3.05, 3.63) is 22.4 Å². The topological polar surface area (TPSA) is 41.1 Å². The van der Waals surface area contributed by atoms with Gasteiger partial charge < -0.3 is 10.6 Å². The van der Waals surface area contributed by atoms with Gasteiger partial charge in [0.2, 0.25) is 5.91 Å². The second-order valence-corrected chi connectivity index (χ2v) is 4.74. The van der Waals surface area contributed by atoms with Crippen LogP contribution in [0.5, 0.6) is 0 Å². The average Bonchev–Trinajstić information content (AvgIpc) is 2.64. The van der Waals surface area contributed by atoms with Gasteiger partial charge in [-0.15, -0.1) is 0 Å². The lowest BCUT2D eigenvalue weighted by Gasteiger charge is -2.26. The third-order valence-corrected chi connectivity index (χ3v) is 3.39. The minimum atomic E-state index is 0.191. The molecule has 3 nitrogen and oxygen atoms in total. The first-order chi connectivity index (χ1) is 7.34. The smallest absolute Gasteiger partial charge is 0.220 e. The molecular weight excluding hydrogens is 208 g/mol. The molecule has 0 aromatic carbocycles. The molecule has 4 heteroatoms. The van der Waals surface area contributed by atoms with E-state index in [2.05, 4.69) is 27.5 Å². The molecule has 2 heterocycles. The Labute approximate surface area is 93.9 Å². The summed E-state index contributed by atoms with van der Waals surface area (Å²) in [7, 11) is 0. The van der Waals surface area contributed by atoms with E-state index in [4.69, 9.17) is 0 Å². The average molecular weight is 224 g/mol. The van der Waals surface area contributed by atoms with Gasteiger partial charge in [0.1, 0.15) is 0 Å². The van der Waals surface area contributed by atoms with Gasteiger partial charge in [0.05, 0.1) is 0 Å². The highest BCUT2D eigenvalue weighted by Crippen LogP contribution is 2.08. The highest BCUT2D eigenvalue weighted by molar-refractivity contribution is 7.07. The van der Waals surface area contributed by atoms with Gasteiger partial charge in [0, 0.05) is 13.0 Å². The first kappa shape index (κ1) is 10.6. The molecule has 1 amide bonds. The fourth-order valence-corrected chi connectivity index (χ4v) is 2.31. The highest BCUT2D eigenvalue weighted by atomic mass is 32.1. The van der Waals surface area contributed by atoms with Crippen molar-refractivity contribution in [1.82, 2.24) is 10.6 Å². The lowest BCUT2D eigenvalue weighted by molar-refractivity contribution is -0.122. The van der Waals surface area contributed by atoms with E-state index in [0.29, 0.717) is 12.3 Å². The number of nitrogens with one attached hydrogen (secondary N) is 2. The molecule has 1 aromatic rings. The number of rotatable bonds is 5. The van der Waals surface area contributed by atoms with E-state index in [1.165, 1.54) is 5.56 Å². The van der Waals surface area contributed by atoms with Crippen molar-refractivity contribution in [1.29, 1.82) is 0 Å². The summed E-state index contributed by atoms with van der Waals surface area (Å²) in [4.78, 5) is 11.4. The standard InChI is InChI=1S/C11H16N2OS/c14-11(5-10-6-12-7-10)13-3-1-9-2-4-15-8-9/h2,4,8,10,12H,1,3,5-7H2,(H,13,14). The summed E-state index contributed by atoms with van der Waals surface area (Å²) in [6.07, 6.45) is 1.62. The fraction of sp³-hybridized carbons (Fsp3) is 0.545. The van der Waals surface area contributed by atoms with E-state index in [0.717, 1.165) is 26.1 Å². The van der Waals surface area contributed by atoms with E-state index < -0.39 is 0 Å². The molecule has 0 atom stereocenters. The molecule has 0 aliphatic carbocycles. The number of carbonyl (C=O) groups excluding carboxylic acids is 1. The maximum atomic E-state index is 11.4. The normalized spacial score (nSPS) is 16.0. The molecule has 0 bridgehead atoms. The highest BCUT2D eigenvalue weighted by Gasteiger charge is 2.19. The van der Waals surface area contributed by atoms with Gasteiger partial charge in [0.15, 0.2) is 0 Å². The zero-order valence-corrected chi connectivity index (χ0v) is 9.48. The summed E-state index contributed by atoms with van der Waals surface area (Å²) in [5, 5.41) is 10.3. The van der Waals surface area contributed by atoms with Crippen molar-refractivity contribution < 1.29 is 4.79 Å². The Kier molecular flexibility index (Phi) is 3.75. The summed E-state index contributed by atoms with van der Waals surface area (Å²) >= 11 is 1.70. The number of thiophene rings is 1. The predicted octanol–water partition coefficient (Wildman–Crippen LogP) is 1.02. The Morgan fingerprint density at radius 1 is 1.60 bits per heavy atom. The Morgan fingerprint density at radius 3 is 3.07 bits per heavy atom. The van der Waals surface area contributed by atoms with Crippen LogP contribution >= 0.6 is 11.3 Å². The van der Waals surface area contributed by atoms with Crippen molar-refractivity contribution >= 4 is 17.2 Å². The van der Waals surface area contributed by atoms with Gasteiger partial charge in [-0.05, 0) is 47.8 Å².